The third-order valence-electron chi connectivity index (χ3n) is 3.17. The van der Waals surface area contributed by atoms with Crippen LogP contribution in [0.4, 0.5) is 0 Å². The van der Waals surface area contributed by atoms with Gasteiger partial charge >= 0.3 is 118 Å². The number of hydrogen-bond acceptors (Lipinski definition) is 0. The van der Waals surface area contributed by atoms with Gasteiger partial charge in [-0.15, -0.1) is 0 Å². The van der Waals surface area contributed by atoms with Gasteiger partial charge in [-0.2, -0.15) is 0 Å². The molecule has 2 aromatic carbocycles. The molecule has 0 fully saturated rings. The van der Waals surface area contributed by atoms with E-state index in [9.17, 15) is 0 Å². The molecule has 0 radical (unpaired) electrons. The predicted octanol–water partition coefficient (Wildman–Crippen LogP) is 2.47. The fourth-order valence-electron chi connectivity index (χ4n) is 1.92. The van der Waals surface area contributed by atoms with Crippen LogP contribution in [-0.2, 0) is 0 Å². The molecule has 0 bridgehead atoms. The molecule has 18 heavy (non-hydrogen) atoms. The molecule has 0 N–H and O–H groups in total. The van der Waals surface area contributed by atoms with Crippen molar-refractivity contribution >= 4 is 40.5 Å². The molecule has 94 valence electrons. The van der Waals surface area contributed by atoms with Crippen molar-refractivity contribution in [1.29, 1.82) is 0 Å². The molecule has 2 rings (SSSR count). The Morgan fingerprint density at radius 2 is 1.22 bits per heavy atom. The second kappa shape index (κ2) is 5.65. The normalized spacial score (nSPS) is 13.3. The van der Waals surface area contributed by atoms with E-state index in [2.05, 4.69) is 77.7 Å². The minimum atomic E-state index is -1.65. The average molecular weight is 365 g/mol. The van der Waals surface area contributed by atoms with E-state index in [1.54, 1.807) is 4.40 Å². The molecule has 2 heteroatoms. The van der Waals surface area contributed by atoms with Crippen LogP contribution in [0, 0.1) is 0 Å². The van der Waals surface area contributed by atoms with Crippen LogP contribution >= 0.6 is 0 Å². The molecule has 0 heterocycles. The summed E-state index contributed by atoms with van der Waals surface area (Å²) in [6.07, 6.45) is 0. The van der Waals surface area contributed by atoms with Gasteiger partial charge in [0.1, 0.15) is 0 Å². The van der Waals surface area contributed by atoms with Gasteiger partial charge in [-0.1, -0.05) is 0 Å². The first kappa shape index (κ1) is 13.9. The molecule has 2 aromatic rings. The summed E-state index contributed by atoms with van der Waals surface area (Å²) in [5.74, 6) is 9.76. The van der Waals surface area contributed by atoms with Crippen molar-refractivity contribution in [3.8, 4) is 0 Å². The van der Waals surface area contributed by atoms with Crippen molar-refractivity contribution in [1.82, 2.24) is 0 Å². The van der Waals surface area contributed by atoms with Crippen molar-refractivity contribution in [2.75, 3.05) is 0 Å². The Labute approximate surface area is 118 Å². The molecule has 0 saturated carbocycles. The quantitative estimate of drug-likeness (QED) is 0.734. The molecule has 0 aliphatic rings. The van der Waals surface area contributed by atoms with E-state index in [-0.39, 0.29) is 0 Å². The molecular weight excluding hydrogens is 344 g/mol. The van der Waals surface area contributed by atoms with Gasteiger partial charge in [0.25, 0.3) is 0 Å². The van der Waals surface area contributed by atoms with Crippen LogP contribution < -0.4 is 13.3 Å². The summed E-state index contributed by atoms with van der Waals surface area (Å²) in [5.41, 5.74) is 0. The molecule has 0 saturated heterocycles. The summed E-state index contributed by atoms with van der Waals surface area (Å²) in [6, 6.07) is 20.4. The molecule has 0 aliphatic heterocycles. The summed E-state index contributed by atoms with van der Waals surface area (Å²) >= 11 is -2.47. The Balaban J connectivity index is 2.25. The van der Waals surface area contributed by atoms with Crippen LogP contribution in [0.25, 0.3) is 0 Å². The van der Waals surface area contributed by atoms with E-state index in [1.165, 1.54) is 8.92 Å². The van der Waals surface area contributed by atoms with Crippen LogP contribution in [0.15, 0.2) is 54.6 Å². The zero-order chi connectivity index (χ0) is 13.2. The SMILES string of the molecule is C[Se+](c1ccccc1)c1cc[c]([Ge]([CH3])([CH3])[CH3])cc1. The Morgan fingerprint density at radius 3 is 1.72 bits per heavy atom. The van der Waals surface area contributed by atoms with Gasteiger partial charge in [0.15, 0.2) is 0 Å². The third-order valence-corrected chi connectivity index (χ3v) is 11.6. The van der Waals surface area contributed by atoms with Crippen LogP contribution in [0.5, 0.6) is 0 Å². The topological polar surface area (TPSA) is 0 Å². The van der Waals surface area contributed by atoms with Crippen molar-refractivity contribution < 1.29 is 0 Å². The van der Waals surface area contributed by atoms with E-state index in [0.29, 0.717) is 0 Å². The van der Waals surface area contributed by atoms with Crippen LogP contribution in [-0.4, -0.2) is 27.2 Å². The van der Waals surface area contributed by atoms with E-state index < -0.39 is 27.2 Å². The van der Waals surface area contributed by atoms with E-state index in [0.717, 1.165) is 0 Å². The molecule has 0 spiro atoms. The van der Waals surface area contributed by atoms with E-state index >= 15 is 0 Å². The third kappa shape index (κ3) is 3.29. The fraction of sp³-hybridized carbons (Fsp3) is 0.250. The van der Waals surface area contributed by atoms with Crippen molar-refractivity contribution in [2.45, 2.75) is 23.1 Å². The van der Waals surface area contributed by atoms with Crippen LogP contribution in [0.3, 0.4) is 0 Å². The molecule has 0 aliphatic carbocycles. The van der Waals surface area contributed by atoms with Gasteiger partial charge in [-0.25, -0.2) is 0 Å². The van der Waals surface area contributed by atoms with E-state index in [4.69, 9.17) is 0 Å². The molecule has 0 nitrogen and oxygen atoms in total. The summed E-state index contributed by atoms with van der Waals surface area (Å²) in [4.78, 5) is 0. The predicted molar refractivity (Wildman–Crippen MR) is 86.8 cm³/mol. The van der Waals surface area contributed by atoms with Gasteiger partial charge in [0.05, 0.1) is 0 Å². The molecular formula is C16H21GeSe+. The van der Waals surface area contributed by atoms with Gasteiger partial charge in [-0.3, -0.25) is 0 Å². The Morgan fingerprint density at radius 1 is 0.722 bits per heavy atom. The summed E-state index contributed by atoms with van der Waals surface area (Å²) < 4.78 is 4.66. The number of benzene rings is 2. The Hall–Kier alpha value is -0.498. The first-order valence-electron chi connectivity index (χ1n) is 6.30. The van der Waals surface area contributed by atoms with Gasteiger partial charge in [-0.05, 0) is 0 Å². The first-order valence-corrected chi connectivity index (χ1v) is 17.1. The minimum absolute atomic E-state index is 0.827. The Bertz CT molecular complexity index is 497. The van der Waals surface area contributed by atoms with Crippen molar-refractivity contribution in [3.63, 3.8) is 0 Å². The van der Waals surface area contributed by atoms with E-state index in [1.807, 2.05) is 0 Å². The van der Waals surface area contributed by atoms with Crippen LogP contribution in [0.2, 0.25) is 23.1 Å². The fourth-order valence-corrected chi connectivity index (χ4v) is 7.27. The van der Waals surface area contributed by atoms with Crippen molar-refractivity contribution in [3.05, 3.63) is 54.6 Å². The number of rotatable bonds is 3. The number of hydrogen-bond donors (Lipinski definition) is 0. The van der Waals surface area contributed by atoms with Crippen LogP contribution in [0.1, 0.15) is 0 Å². The zero-order valence-electron chi connectivity index (χ0n) is 11.6. The second-order valence-corrected chi connectivity index (χ2v) is 20.4. The molecule has 0 aromatic heterocycles. The van der Waals surface area contributed by atoms with Gasteiger partial charge < -0.3 is 0 Å². The maximum atomic E-state index is 2.45. The molecule has 1 unspecified atom stereocenters. The average Bonchev–Trinajstić information content (AvgIpc) is 2.38. The monoisotopic (exact) mass is 367 g/mol. The maximum absolute atomic E-state index is 2.45. The standard InChI is InChI=1S/C16H21GeSe/c1-17(2,3)14-10-12-16(13-11-14)18(4)15-8-6-5-7-9-15/h5-13H,1-4H3/q+1. The summed E-state index contributed by atoms with van der Waals surface area (Å²) in [6.45, 7) is 0. The molecule has 0 amide bonds. The van der Waals surface area contributed by atoms with Gasteiger partial charge in [0, 0.05) is 0 Å². The first-order chi connectivity index (χ1) is 8.48. The summed E-state index contributed by atoms with van der Waals surface area (Å²) in [7, 11) is 0. The Kier molecular flexibility index (Phi) is 4.37. The molecule has 1 atom stereocenters. The zero-order valence-corrected chi connectivity index (χ0v) is 15.4. The second-order valence-electron chi connectivity index (χ2n) is 5.60. The van der Waals surface area contributed by atoms with Crippen molar-refractivity contribution in [2.24, 2.45) is 0 Å². The van der Waals surface area contributed by atoms with Gasteiger partial charge in [0.2, 0.25) is 0 Å². The summed E-state index contributed by atoms with van der Waals surface area (Å²) in [5, 5.41) is 0.